The Balaban J connectivity index is 1.25. The molecule has 2 aliphatic rings. The van der Waals surface area contributed by atoms with Crippen molar-refractivity contribution in [2.24, 2.45) is 0 Å². The SMILES string of the molecule is COCCOCCOCCOCCOCCOCCN(CCOCCOCCOCCOCCOCCOC)c1ccc(C(/C=C/C=C2\N(CCCCCC(=O)ON3C(=O)CCC3=O)c3ccc(S(=O)(=O)O)cc3C2(C)C)=C(/C)Cc2ccccc2)c(O)c1. The number of hydrogen-bond acceptors (Lipinski definition) is 21. The minimum absolute atomic E-state index is 0.00793. The maximum atomic E-state index is 12.6. The van der Waals surface area contributed by atoms with Crippen molar-refractivity contribution in [2.75, 3.05) is 189 Å². The van der Waals surface area contributed by atoms with E-state index in [1.165, 1.54) is 12.1 Å². The predicted octanol–water partition coefficient (Wildman–Crippen LogP) is 7.33. The van der Waals surface area contributed by atoms with Gasteiger partial charge >= 0.3 is 5.97 Å². The number of imide groups is 1. The van der Waals surface area contributed by atoms with Crippen LogP contribution in [0.15, 0.2) is 101 Å². The Morgan fingerprint density at radius 1 is 0.618 bits per heavy atom. The van der Waals surface area contributed by atoms with Crippen LogP contribution >= 0.6 is 0 Å². The molecule has 0 bridgehead atoms. The Morgan fingerprint density at radius 2 is 1.10 bits per heavy atom. The summed E-state index contributed by atoms with van der Waals surface area (Å²) in [4.78, 5) is 45.6. The average Bonchev–Trinajstić information content (AvgIpc) is 1.60. The highest BCUT2D eigenvalue weighted by atomic mass is 32.2. The number of amides is 2. The number of anilines is 2. The zero-order chi connectivity index (χ0) is 64.0. The lowest BCUT2D eigenvalue weighted by atomic mass is 9.83. The van der Waals surface area contributed by atoms with Crippen molar-refractivity contribution in [3.05, 3.63) is 113 Å². The van der Waals surface area contributed by atoms with Crippen molar-refractivity contribution in [3.63, 3.8) is 0 Å². The normalized spacial score (nSPS) is 14.8. The molecule has 0 aromatic heterocycles. The van der Waals surface area contributed by atoms with Crippen LogP contribution in [-0.4, -0.2) is 220 Å². The second-order valence-electron chi connectivity index (χ2n) is 21.4. The fourth-order valence-electron chi connectivity index (χ4n) is 9.68. The summed E-state index contributed by atoms with van der Waals surface area (Å²) in [6, 6.07) is 20.3. The molecule has 1 fully saturated rings. The van der Waals surface area contributed by atoms with Crippen LogP contribution in [0.1, 0.15) is 76.0 Å². The summed E-state index contributed by atoms with van der Waals surface area (Å²) in [5.74, 6) is -1.67. The molecule has 0 saturated carbocycles. The van der Waals surface area contributed by atoms with Crippen molar-refractivity contribution in [3.8, 4) is 5.75 Å². The number of carbonyl (C=O) groups excluding carboxylic acids is 3. The van der Waals surface area contributed by atoms with E-state index in [0.29, 0.717) is 207 Å². The number of phenols is 1. The summed E-state index contributed by atoms with van der Waals surface area (Å²) in [5, 5.41) is 12.6. The molecular weight excluding hydrogens is 1170 g/mol. The molecule has 1 saturated heterocycles. The topological polar surface area (TPSA) is 256 Å². The number of fused-ring (bicyclic) bond motifs is 1. The zero-order valence-electron chi connectivity index (χ0n) is 52.7. The van der Waals surface area contributed by atoms with Gasteiger partial charge in [-0.2, -0.15) is 8.42 Å². The van der Waals surface area contributed by atoms with Crippen molar-refractivity contribution >= 4 is 44.8 Å². The Hall–Kier alpha value is -5.68. The lowest BCUT2D eigenvalue weighted by molar-refractivity contribution is -0.197. The van der Waals surface area contributed by atoms with Crippen molar-refractivity contribution < 1.29 is 94.1 Å². The molecule has 496 valence electrons. The van der Waals surface area contributed by atoms with Crippen LogP contribution in [-0.2, 0) is 98.0 Å². The molecule has 24 heteroatoms. The zero-order valence-corrected chi connectivity index (χ0v) is 53.5. The first-order valence-corrected chi connectivity index (χ1v) is 32.0. The van der Waals surface area contributed by atoms with E-state index < -0.39 is 33.3 Å². The molecule has 2 amide bonds. The lowest BCUT2D eigenvalue weighted by Gasteiger charge is -2.27. The number of hydrogen-bond donors (Lipinski definition) is 2. The smallest absolute Gasteiger partial charge is 0.333 e. The van der Waals surface area contributed by atoms with E-state index in [-0.39, 0.29) is 29.9 Å². The van der Waals surface area contributed by atoms with E-state index in [9.17, 15) is 32.5 Å². The highest BCUT2D eigenvalue weighted by molar-refractivity contribution is 7.85. The molecule has 3 aromatic carbocycles. The minimum atomic E-state index is -4.51. The molecule has 0 spiro atoms. The third-order valence-corrected chi connectivity index (χ3v) is 15.2. The number of phenolic OH excluding ortho intramolecular Hbond substituents is 1. The number of unbranched alkanes of at least 4 members (excludes halogenated alkanes) is 2. The fourth-order valence-corrected chi connectivity index (χ4v) is 10.2. The molecule has 2 N–H and O–H groups in total. The summed E-state index contributed by atoms with van der Waals surface area (Å²) < 4.78 is 101. The van der Waals surface area contributed by atoms with Crippen molar-refractivity contribution in [1.29, 1.82) is 0 Å². The summed E-state index contributed by atoms with van der Waals surface area (Å²) >= 11 is 0. The van der Waals surface area contributed by atoms with Gasteiger partial charge < -0.3 is 76.6 Å². The van der Waals surface area contributed by atoms with Gasteiger partial charge in [-0.1, -0.05) is 68.3 Å². The summed E-state index contributed by atoms with van der Waals surface area (Å²) in [6.45, 7) is 17.4. The number of nitrogens with zero attached hydrogens (tertiary/aromatic N) is 3. The number of ether oxygens (including phenoxy) is 12. The van der Waals surface area contributed by atoms with Crippen molar-refractivity contribution in [1.82, 2.24) is 5.06 Å². The van der Waals surface area contributed by atoms with E-state index in [0.717, 1.165) is 33.8 Å². The molecule has 0 unspecified atom stereocenters. The van der Waals surface area contributed by atoms with E-state index >= 15 is 0 Å². The molecule has 89 heavy (non-hydrogen) atoms. The molecule has 0 aliphatic carbocycles. The van der Waals surface area contributed by atoms with Gasteiger partial charge in [0.25, 0.3) is 21.9 Å². The minimum Gasteiger partial charge on any atom is -0.507 e. The van der Waals surface area contributed by atoms with E-state index in [1.807, 2.05) is 69.3 Å². The number of benzene rings is 3. The Bertz CT molecular complexity index is 2710. The lowest BCUT2D eigenvalue weighted by Crippen LogP contribution is -2.32. The van der Waals surface area contributed by atoms with Gasteiger partial charge in [0, 0.05) is 87.2 Å². The number of methoxy groups -OCH3 is 2. The van der Waals surface area contributed by atoms with E-state index in [4.69, 9.17) is 61.7 Å². The second kappa shape index (κ2) is 42.4. The molecule has 3 aromatic rings. The van der Waals surface area contributed by atoms with Crippen LogP contribution in [0.3, 0.4) is 0 Å². The number of allylic oxidation sites excluding steroid dienone is 6. The molecule has 5 rings (SSSR count). The number of carbonyl (C=O) groups is 3. The van der Waals surface area contributed by atoms with Crippen LogP contribution < -0.4 is 9.80 Å². The largest absolute Gasteiger partial charge is 0.507 e. The van der Waals surface area contributed by atoms with Gasteiger partial charge in [0.15, 0.2) is 0 Å². The number of hydroxylamine groups is 2. The van der Waals surface area contributed by atoms with Gasteiger partial charge in [-0.25, -0.2) is 4.79 Å². The third-order valence-electron chi connectivity index (χ3n) is 14.4. The standard InChI is InChI=1S/C65H95N3O20S/c1-52(49-53-13-8-6-9-14-53)56(15-12-16-61-65(2,3)58-51-55(89(73,74)75)19-21-59(58)67(61)24-11-7-10-17-64(72)88-68-62(70)22-23-63(68)71)57-20-18-54(50-60(57)69)66(25-27-78-33-35-82-41-43-86-47-45-84-39-37-80-31-29-76-4)26-28-79-34-36-83-42-44-87-48-46-85-40-38-81-32-30-77-5/h6,8-9,12-16,18-21,50-51,69H,7,10-11,17,22-49H2,1-5H3,(H,73,74,75)/b15-12+,56-52-,61-16-. The monoisotopic (exact) mass is 1270 g/mol. The van der Waals surface area contributed by atoms with Crippen LogP contribution in [0.25, 0.3) is 5.57 Å². The third kappa shape index (κ3) is 27.4. The summed E-state index contributed by atoms with van der Waals surface area (Å²) in [6.07, 6.45) is 8.17. The Kier molecular flexibility index (Phi) is 35.3. The van der Waals surface area contributed by atoms with Gasteiger partial charge in [0.1, 0.15) is 5.75 Å². The van der Waals surface area contributed by atoms with Crippen LogP contribution in [0.4, 0.5) is 11.4 Å². The van der Waals surface area contributed by atoms with Gasteiger partial charge in [-0.15, -0.1) is 5.06 Å². The average molecular weight is 1270 g/mol. The van der Waals surface area contributed by atoms with E-state index in [1.54, 1.807) is 26.4 Å². The van der Waals surface area contributed by atoms with Gasteiger partial charge in [-0.3, -0.25) is 14.1 Å². The number of rotatable bonds is 50. The second-order valence-corrected chi connectivity index (χ2v) is 22.8. The highest BCUT2D eigenvalue weighted by Gasteiger charge is 2.40. The first-order valence-electron chi connectivity index (χ1n) is 30.6. The first kappa shape index (κ1) is 74.1. The number of aromatic hydroxyl groups is 1. The quantitative estimate of drug-likeness (QED) is 0.0243. The Labute approximate surface area is 525 Å². The van der Waals surface area contributed by atoms with E-state index in [2.05, 4.69) is 21.9 Å². The molecule has 2 aliphatic heterocycles. The summed E-state index contributed by atoms with van der Waals surface area (Å²) in [5.41, 5.74) is 5.83. The maximum Gasteiger partial charge on any atom is 0.333 e. The Morgan fingerprint density at radius 3 is 1.57 bits per heavy atom. The van der Waals surface area contributed by atoms with Crippen LogP contribution in [0.5, 0.6) is 5.75 Å². The van der Waals surface area contributed by atoms with Gasteiger partial charge in [0.05, 0.1) is 150 Å². The van der Waals surface area contributed by atoms with Gasteiger partial charge in [0.2, 0.25) is 0 Å². The molecule has 23 nitrogen and oxygen atoms in total. The maximum absolute atomic E-state index is 12.6. The predicted molar refractivity (Wildman–Crippen MR) is 335 cm³/mol. The van der Waals surface area contributed by atoms with Crippen LogP contribution in [0, 0.1) is 0 Å². The first-order chi connectivity index (χ1) is 43.1. The fraction of sp³-hybridized carbons (Fsp3) is 0.585. The summed E-state index contributed by atoms with van der Waals surface area (Å²) in [7, 11) is -1.25. The molecule has 0 atom stereocenters. The van der Waals surface area contributed by atoms with Gasteiger partial charge in [-0.05, 0) is 79.3 Å². The van der Waals surface area contributed by atoms with Crippen molar-refractivity contribution in [2.45, 2.75) is 76.0 Å². The molecule has 2 heterocycles. The molecular formula is C65H95N3O20S. The molecule has 0 radical (unpaired) electrons. The van der Waals surface area contributed by atoms with Crippen LogP contribution in [0.2, 0.25) is 0 Å². The highest BCUT2D eigenvalue weighted by Crippen LogP contribution is 2.49.